The quantitative estimate of drug-likeness (QED) is 0.900. The molecule has 0 spiro atoms. The van der Waals surface area contributed by atoms with Crippen LogP contribution < -0.4 is 10.1 Å². The molecule has 0 bridgehead atoms. The monoisotopic (exact) mass is 253 g/mol. The summed E-state index contributed by atoms with van der Waals surface area (Å²) in [4.78, 5) is 0. The number of anilines is 1. The lowest BCUT2D eigenvalue weighted by Crippen LogP contribution is -2.24. The van der Waals surface area contributed by atoms with Crippen molar-refractivity contribution in [3.8, 4) is 5.75 Å². The van der Waals surface area contributed by atoms with Gasteiger partial charge in [-0.05, 0) is 36.6 Å². The van der Waals surface area contributed by atoms with Crippen molar-refractivity contribution in [3.05, 3.63) is 59.2 Å². The number of rotatable bonds is 3. The second kappa shape index (κ2) is 4.96. The topological polar surface area (TPSA) is 21.3 Å². The van der Waals surface area contributed by atoms with Gasteiger partial charge in [-0.3, -0.25) is 0 Å². The number of hydrogen-bond acceptors (Lipinski definition) is 2. The molecule has 1 aliphatic heterocycles. The van der Waals surface area contributed by atoms with Gasteiger partial charge in [-0.1, -0.05) is 36.4 Å². The normalized spacial score (nSPS) is 16.8. The molecule has 1 heterocycles. The van der Waals surface area contributed by atoms with Crippen LogP contribution in [0.5, 0.6) is 5.75 Å². The molecule has 0 saturated heterocycles. The molecule has 2 heteroatoms. The van der Waals surface area contributed by atoms with E-state index >= 15 is 0 Å². The van der Waals surface area contributed by atoms with E-state index in [1.54, 1.807) is 0 Å². The van der Waals surface area contributed by atoms with Crippen LogP contribution in [0.3, 0.4) is 0 Å². The molecule has 0 saturated carbocycles. The molecule has 0 fully saturated rings. The first-order valence-corrected chi connectivity index (χ1v) is 6.78. The van der Waals surface area contributed by atoms with Crippen LogP contribution in [-0.4, -0.2) is 12.6 Å². The van der Waals surface area contributed by atoms with Gasteiger partial charge in [0.05, 0.1) is 6.54 Å². The van der Waals surface area contributed by atoms with Crippen LogP contribution >= 0.6 is 0 Å². The Kier molecular flexibility index (Phi) is 3.16. The van der Waals surface area contributed by atoms with Crippen molar-refractivity contribution in [1.29, 1.82) is 0 Å². The van der Waals surface area contributed by atoms with E-state index in [2.05, 4.69) is 49.5 Å². The van der Waals surface area contributed by atoms with E-state index < -0.39 is 0 Å². The maximum Gasteiger partial charge on any atom is 0.123 e. The van der Waals surface area contributed by atoms with Crippen LogP contribution in [-0.2, 0) is 6.42 Å². The van der Waals surface area contributed by atoms with Gasteiger partial charge in [0.1, 0.15) is 11.9 Å². The summed E-state index contributed by atoms with van der Waals surface area (Å²) in [5.74, 6) is 1.04. The molecule has 2 nitrogen and oxygen atoms in total. The zero-order valence-electron chi connectivity index (χ0n) is 11.4. The van der Waals surface area contributed by atoms with Gasteiger partial charge < -0.3 is 10.1 Å². The van der Waals surface area contributed by atoms with Crippen molar-refractivity contribution in [1.82, 2.24) is 0 Å². The summed E-state index contributed by atoms with van der Waals surface area (Å²) in [5.41, 5.74) is 5.13. The summed E-state index contributed by atoms with van der Waals surface area (Å²) in [6.07, 6.45) is 1.23. The van der Waals surface area contributed by atoms with Crippen LogP contribution in [0.15, 0.2) is 42.5 Å². The number of fused-ring (bicyclic) bond motifs is 1. The molecule has 3 rings (SSSR count). The van der Waals surface area contributed by atoms with Gasteiger partial charge in [0, 0.05) is 12.1 Å². The van der Waals surface area contributed by atoms with Crippen molar-refractivity contribution >= 4 is 5.69 Å². The van der Waals surface area contributed by atoms with E-state index in [1.165, 1.54) is 22.4 Å². The Morgan fingerprint density at radius 3 is 2.53 bits per heavy atom. The van der Waals surface area contributed by atoms with E-state index in [0.29, 0.717) is 0 Å². The number of para-hydroxylation sites is 2. The zero-order chi connectivity index (χ0) is 13.2. The fraction of sp³-hybridized carbons (Fsp3) is 0.294. The van der Waals surface area contributed by atoms with E-state index in [1.807, 2.05) is 12.1 Å². The van der Waals surface area contributed by atoms with Crippen molar-refractivity contribution in [2.24, 2.45) is 0 Å². The van der Waals surface area contributed by atoms with Crippen LogP contribution in [0, 0.1) is 13.8 Å². The van der Waals surface area contributed by atoms with E-state index in [-0.39, 0.29) is 6.10 Å². The summed E-state index contributed by atoms with van der Waals surface area (Å²) >= 11 is 0. The molecular formula is C17H19NO. The molecule has 1 N–H and O–H groups in total. The summed E-state index contributed by atoms with van der Waals surface area (Å²) in [7, 11) is 0. The highest BCUT2D eigenvalue weighted by Gasteiger charge is 2.22. The Balaban J connectivity index is 1.66. The van der Waals surface area contributed by atoms with Crippen molar-refractivity contribution in [2.45, 2.75) is 26.4 Å². The highest BCUT2D eigenvalue weighted by atomic mass is 16.5. The summed E-state index contributed by atoms with van der Waals surface area (Å²) in [5, 5.41) is 3.53. The lowest BCUT2D eigenvalue weighted by atomic mass is 10.1. The Morgan fingerprint density at radius 2 is 1.79 bits per heavy atom. The molecule has 19 heavy (non-hydrogen) atoms. The van der Waals surface area contributed by atoms with Crippen molar-refractivity contribution in [3.63, 3.8) is 0 Å². The first-order chi connectivity index (χ1) is 9.24. The molecule has 2 aromatic rings. The number of benzene rings is 2. The molecule has 0 aromatic heterocycles. The van der Waals surface area contributed by atoms with Crippen LogP contribution in [0.2, 0.25) is 0 Å². The number of nitrogens with one attached hydrogen (secondary N) is 1. The van der Waals surface area contributed by atoms with Gasteiger partial charge in [0.2, 0.25) is 0 Å². The van der Waals surface area contributed by atoms with Crippen molar-refractivity contribution in [2.75, 3.05) is 11.9 Å². The van der Waals surface area contributed by atoms with Crippen molar-refractivity contribution < 1.29 is 4.74 Å². The van der Waals surface area contributed by atoms with Gasteiger partial charge in [-0.15, -0.1) is 0 Å². The second-order valence-corrected chi connectivity index (χ2v) is 5.20. The molecular weight excluding hydrogens is 234 g/mol. The number of hydrogen-bond donors (Lipinski definition) is 1. The molecule has 0 radical (unpaired) electrons. The fourth-order valence-electron chi connectivity index (χ4n) is 2.68. The minimum Gasteiger partial charge on any atom is -0.488 e. The maximum absolute atomic E-state index is 5.95. The number of aryl methyl sites for hydroxylation is 2. The molecule has 98 valence electrons. The minimum atomic E-state index is 0.233. The summed E-state index contributed by atoms with van der Waals surface area (Å²) in [6.45, 7) is 5.12. The Labute approximate surface area is 114 Å². The molecule has 1 aliphatic rings. The Morgan fingerprint density at radius 1 is 1.05 bits per heavy atom. The van der Waals surface area contributed by atoms with E-state index in [4.69, 9.17) is 4.74 Å². The Bertz CT molecular complexity index is 546. The predicted octanol–water partition coefficient (Wildman–Crippen LogP) is 3.72. The standard InChI is InChI=1S/C17H19NO/c1-12-6-5-7-13(2)17(12)18-11-15-10-14-8-3-4-9-16(14)19-15/h3-9,15,18H,10-11H2,1-2H3. The minimum absolute atomic E-state index is 0.233. The highest BCUT2D eigenvalue weighted by Crippen LogP contribution is 2.28. The van der Waals surface area contributed by atoms with E-state index in [9.17, 15) is 0 Å². The first-order valence-electron chi connectivity index (χ1n) is 6.78. The largest absolute Gasteiger partial charge is 0.488 e. The van der Waals surface area contributed by atoms with Gasteiger partial charge >= 0.3 is 0 Å². The second-order valence-electron chi connectivity index (χ2n) is 5.20. The van der Waals surface area contributed by atoms with Crippen LogP contribution in [0.4, 0.5) is 5.69 Å². The fourth-order valence-corrected chi connectivity index (χ4v) is 2.68. The lowest BCUT2D eigenvalue weighted by molar-refractivity contribution is 0.246. The average molecular weight is 253 g/mol. The van der Waals surface area contributed by atoms with Gasteiger partial charge in [-0.2, -0.15) is 0 Å². The Hall–Kier alpha value is -1.96. The smallest absolute Gasteiger partial charge is 0.123 e. The third-order valence-corrected chi connectivity index (χ3v) is 3.70. The van der Waals surface area contributed by atoms with E-state index in [0.717, 1.165) is 18.7 Å². The lowest BCUT2D eigenvalue weighted by Gasteiger charge is -2.16. The third kappa shape index (κ3) is 2.43. The van der Waals surface area contributed by atoms with Gasteiger partial charge in [0.25, 0.3) is 0 Å². The summed E-state index contributed by atoms with van der Waals surface area (Å²) in [6, 6.07) is 14.7. The van der Waals surface area contributed by atoms with Crippen LogP contribution in [0.25, 0.3) is 0 Å². The average Bonchev–Trinajstić information content (AvgIpc) is 2.81. The maximum atomic E-state index is 5.95. The predicted molar refractivity (Wildman–Crippen MR) is 79.0 cm³/mol. The van der Waals surface area contributed by atoms with Crippen LogP contribution in [0.1, 0.15) is 16.7 Å². The molecule has 1 atom stereocenters. The molecule has 0 aliphatic carbocycles. The first kappa shape index (κ1) is 12.1. The number of ether oxygens (including phenoxy) is 1. The highest BCUT2D eigenvalue weighted by molar-refractivity contribution is 5.56. The molecule has 1 unspecified atom stereocenters. The molecule has 2 aromatic carbocycles. The zero-order valence-corrected chi connectivity index (χ0v) is 11.4. The summed E-state index contributed by atoms with van der Waals surface area (Å²) < 4.78 is 5.95. The van der Waals surface area contributed by atoms with Gasteiger partial charge in [0.15, 0.2) is 0 Å². The third-order valence-electron chi connectivity index (χ3n) is 3.70. The van der Waals surface area contributed by atoms with Gasteiger partial charge in [-0.25, -0.2) is 0 Å². The SMILES string of the molecule is Cc1cccc(C)c1NCC1Cc2ccccc2O1. The molecule has 0 amide bonds.